The van der Waals surface area contributed by atoms with Crippen LogP contribution >= 0.6 is 0 Å². The lowest BCUT2D eigenvalue weighted by molar-refractivity contribution is -0.149. The van der Waals surface area contributed by atoms with Crippen LogP contribution in [0.15, 0.2) is 79.0 Å². The lowest BCUT2D eigenvalue weighted by Crippen LogP contribution is -2.56. The number of fused-ring (bicyclic) bond motifs is 1. The van der Waals surface area contributed by atoms with Crippen molar-refractivity contribution < 1.29 is 14.3 Å². The number of esters is 1. The largest absolute Gasteiger partial charge is 0.468 e. The molecular formula is C31H34N2O3. The topological polar surface area (TPSA) is 71.2 Å². The van der Waals surface area contributed by atoms with E-state index in [1.165, 1.54) is 12.7 Å². The van der Waals surface area contributed by atoms with Crippen LogP contribution < -0.4 is 5.32 Å². The SMILES string of the molecule is COC(=O)C(CCCc1ccccc1)(Cc1c[nH]c2ccccc12)NCC(=O)c1cc(C)cc(C)c1. The molecule has 0 amide bonds. The number of methoxy groups -OCH3 is 1. The number of aryl methyl sites for hydroxylation is 3. The summed E-state index contributed by atoms with van der Waals surface area (Å²) in [5.74, 6) is -0.397. The number of ketones is 1. The minimum atomic E-state index is -1.04. The van der Waals surface area contributed by atoms with Gasteiger partial charge in [-0.3, -0.25) is 14.9 Å². The van der Waals surface area contributed by atoms with Crippen LogP contribution in [0.1, 0.15) is 45.5 Å². The fourth-order valence-corrected chi connectivity index (χ4v) is 5.01. The molecule has 1 unspecified atom stereocenters. The van der Waals surface area contributed by atoms with Gasteiger partial charge in [-0.1, -0.05) is 65.7 Å². The molecule has 0 aliphatic heterocycles. The Labute approximate surface area is 212 Å². The molecule has 0 fully saturated rings. The third kappa shape index (κ3) is 5.92. The molecule has 36 heavy (non-hydrogen) atoms. The minimum absolute atomic E-state index is 0.0444. The van der Waals surface area contributed by atoms with Crippen LogP contribution in [0.5, 0.6) is 0 Å². The van der Waals surface area contributed by atoms with Crippen LogP contribution in [0.3, 0.4) is 0 Å². The van der Waals surface area contributed by atoms with E-state index < -0.39 is 5.54 Å². The molecule has 0 aliphatic carbocycles. The van der Waals surface area contributed by atoms with E-state index in [2.05, 4.69) is 22.4 Å². The summed E-state index contributed by atoms with van der Waals surface area (Å²) in [5.41, 5.74) is 4.94. The number of benzene rings is 3. The first-order valence-electron chi connectivity index (χ1n) is 12.4. The van der Waals surface area contributed by atoms with Crippen LogP contribution in [0.2, 0.25) is 0 Å². The molecule has 0 saturated heterocycles. The standard InChI is InChI=1S/C31H34N2O3/c1-22-16-23(2)18-25(17-22)29(34)21-33-31(30(35)36-3,15-9-12-24-10-5-4-6-11-24)19-26-20-32-28-14-8-7-13-27(26)28/h4-8,10-11,13-14,16-18,20,32-33H,9,12,15,19,21H2,1-3H3. The molecule has 0 bridgehead atoms. The lowest BCUT2D eigenvalue weighted by Gasteiger charge is -2.32. The van der Waals surface area contributed by atoms with Crippen molar-refractivity contribution in [2.24, 2.45) is 0 Å². The lowest BCUT2D eigenvalue weighted by atomic mass is 9.84. The van der Waals surface area contributed by atoms with Gasteiger partial charge in [0, 0.05) is 29.1 Å². The van der Waals surface area contributed by atoms with Crippen molar-refractivity contribution >= 4 is 22.7 Å². The maximum absolute atomic E-state index is 13.4. The zero-order chi connectivity index (χ0) is 25.5. The van der Waals surface area contributed by atoms with Gasteiger partial charge >= 0.3 is 5.97 Å². The van der Waals surface area contributed by atoms with Gasteiger partial charge in [-0.05, 0) is 62.4 Å². The summed E-state index contributed by atoms with van der Waals surface area (Å²) in [6, 6.07) is 24.1. The van der Waals surface area contributed by atoms with Crippen molar-refractivity contribution in [2.75, 3.05) is 13.7 Å². The summed E-state index contributed by atoms with van der Waals surface area (Å²) >= 11 is 0. The predicted octanol–water partition coefficient (Wildman–Crippen LogP) is 5.73. The number of aromatic amines is 1. The molecule has 2 N–H and O–H groups in total. The van der Waals surface area contributed by atoms with Crippen LogP contribution in [-0.4, -0.2) is 35.9 Å². The zero-order valence-corrected chi connectivity index (χ0v) is 21.3. The van der Waals surface area contributed by atoms with E-state index in [0.29, 0.717) is 18.4 Å². The maximum Gasteiger partial charge on any atom is 0.326 e. The predicted molar refractivity (Wildman–Crippen MR) is 144 cm³/mol. The van der Waals surface area contributed by atoms with Gasteiger partial charge in [0.15, 0.2) is 5.78 Å². The molecule has 1 atom stereocenters. The third-order valence-electron chi connectivity index (χ3n) is 6.79. The number of nitrogens with one attached hydrogen (secondary N) is 2. The number of H-pyrrole nitrogens is 1. The second-order valence-corrected chi connectivity index (χ2v) is 9.60. The van der Waals surface area contributed by atoms with E-state index in [0.717, 1.165) is 40.4 Å². The summed E-state index contributed by atoms with van der Waals surface area (Å²) in [7, 11) is 1.41. The second-order valence-electron chi connectivity index (χ2n) is 9.60. The van der Waals surface area contributed by atoms with E-state index in [-0.39, 0.29) is 18.3 Å². The van der Waals surface area contributed by atoms with Crippen molar-refractivity contribution in [3.8, 4) is 0 Å². The highest BCUT2D eigenvalue weighted by Gasteiger charge is 2.40. The van der Waals surface area contributed by atoms with Crippen molar-refractivity contribution in [1.82, 2.24) is 10.3 Å². The first kappa shape index (κ1) is 25.4. The highest BCUT2D eigenvalue weighted by Crippen LogP contribution is 2.27. The molecule has 1 aromatic heterocycles. The monoisotopic (exact) mass is 482 g/mol. The Morgan fingerprint density at radius 1 is 0.944 bits per heavy atom. The fourth-order valence-electron chi connectivity index (χ4n) is 5.01. The molecule has 0 saturated carbocycles. The normalized spacial score (nSPS) is 12.9. The average molecular weight is 483 g/mol. The molecule has 0 radical (unpaired) electrons. The van der Waals surface area contributed by atoms with Crippen LogP contribution in [0.4, 0.5) is 0 Å². The maximum atomic E-state index is 13.4. The van der Waals surface area contributed by atoms with Crippen molar-refractivity contribution in [2.45, 2.75) is 45.1 Å². The van der Waals surface area contributed by atoms with Gasteiger partial charge in [0.1, 0.15) is 5.54 Å². The summed E-state index contributed by atoms with van der Waals surface area (Å²) < 4.78 is 5.33. The number of hydrogen-bond acceptors (Lipinski definition) is 4. The van der Waals surface area contributed by atoms with Gasteiger partial charge in [-0.2, -0.15) is 0 Å². The van der Waals surface area contributed by atoms with Gasteiger partial charge in [0.2, 0.25) is 0 Å². The van der Waals surface area contributed by atoms with Gasteiger partial charge in [-0.15, -0.1) is 0 Å². The summed E-state index contributed by atoms with van der Waals surface area (Å²) in [6.07, 6.45) is 4.51. The molecule has 3 aromatic carbocycles. The van der Waals surface area contributed by atoms with Gasteiger partial charge in [-0.25, -0.2) is 0 Å². The molecule has 0 spiro atoms. The number of carbonyl (C=O) groups excluding carboxylic acids is 2. The number of carbonyl (C=O) groups is 2. The zero-order valence-electron chi connectivity index (χ0n) is 21.3. The molecule has 4 rings (SSSR count). The Morgan fingerprint density at radius 2 is 1.64 bits per heavy atom. The smallest absolute Gasteiger partial charge is 0.326 e. The quantitative estimate of drug-likeness (QED) is 0.211. The highest BCUT2D eigenvalue weighted by molar-refractivity contribution is 5.98. The second kappa shape index (κ2) is 11.4. The van der Waals surface area contributed by atoms with Gasteiger partial charge in [0.25, 0.3) is 0 Å². The summed E-state index contributed by atoms with van der Waals surface area (Å²) in [6.45, 7) is 4.01. The van der Waals surface area contributed by atoms with E-state index in [4.69, 9.17) is 4.74 Å². The fraction of sp³-hybridized carbons (Fsp3) is 0.290. The van der Waals surface area contributed by atoms with Gasteiger partial charge < -0.3 is 9.72 Å². The number of hydrogen-bond donors (Lipinski definition) is 2. The Morgan fingerprint density at radius 3 is 2.36 bits per heavy atom. The third-order valence-corrected chi connectivity index (χ3v) is 6.79. The Kier molecular flexibility index (Phi) is 8.01. The number of para-hydroxylation sites is 1. The molecule has 5 heteroatoms. The average Bonchev–Trinajstić information content (AvgIpc) is 3.29. The Bertz CT molecular complexity index is 1320. The van der Waals surface area contributed by atoms with Crippen molar-refractivity contribution in [3.05, 3.63) is 107 Å². The first-order chi connectivity index (χ1) is 17.4. The van der Waals surface area contributed by atoms with E-state index in [1.807, 2.05) is 80.7 Å². The van der Waals surface area contributed by atoms with Crippen molar-refractivity contribution in [3.63, 3.8) is 0 Å². The number of aromatic nitrogens is 1. The molecular weight excluding hydrogens is 448 g/mol. The van der Waals surface area contributed by atoms with E-state index in [9.17, 15) is 9.59 Å². The Hall–Kier alpha value is -3.70. The molecule has 1 heterocycles. The number of Topliss-reactive ketones (excluding diaryl/α,β-unsaturated/α-hetero) is 1. The molecule has 186 valence electrons. The number of rotatable bonds is 11. The van der Waals surface area contributed by atoms with Crippen LogP contribution in [-0.2, 0) is 22.4 Å². The number of ether oxygens (including phenoxy) is 1. The van der Waals surface area contributed by atoms with Gasteiger partial charge in [0.05, 0.1) is 13.7 Å². The summed E-state index contributed by atoms with van der Waals surface area (Å²) in [5, 5.41) is 4.44. The van der Waals surface area contributed by atoms with Crippen LogP contribution in [0.25, 0.3) is 10.9 Å². The molecule has 0 aliphatic rings. The Balaban J connectivity index is 1.62. The highest BCUT2D eigenvalue weighted by atomic mass is 16.5. The first-order valence-corrected chi connectivity index (χ1v) is 12.4. The summed E-state index contributed by atoms with van der Waals surface area (Å²) in [4.78, 5) is 29.9. The minimum Gasteiger partial charge on any atom is -0.468 e. The molecule has 4 aromatic rings. The van der Waals surface area contributed by atoms with E-state index in [1.54, 1.807) is 0 Å². The van der Waals surface area contributed by atoms with Crippen molar-refractivity contribution in [1.29, 1.82) is 0 Å². The molecule has 5 nitrogen and oxygen atoms in total. The van der Waals surface area contributed by atoms with Crippen LogP contribution in [0, 0.1) is 13.8 Å². The van der Waals surface area contributed by atoms with E-state index >= 15 is 0 Å².